The van der Waals surface area contributed by atoms with E-state index in [1.165, 1.54) is 6.42 Å². The van der Waals surface area contributed by atoms with E-state index in [4.69, 9.17) is 13.9 Å². The third kappa shape index (κ3) is 4.42. The summed E-state index contributed by atoms with van der Waals surface area (Å²) in [5, 5.41) is 4.44. The second-order valence-electron chi connectivity index (χ2n) is 10.6. The van der Waals surface area contributed by atoms with Crippen molar-refractivity contribution < 1.29 is 23.5 Å². The molecule has 2 heterocycles. The van der Waals surface area contributed by atoms with Crippen LogP contribution in [0.4, 0.5) is 0 Å². The van der Waals surface area contributed by atoms with Crippen LogP contribution < -0.4 is 10.1 Å². The predicted molar refractivity (Wildman–Crippen MR) is 145 cm³/mol. The molecular weight excluding hydrogens is 478 g/mol. The summed E-state index contributed by atoms with van der Waals surface area (Å²) in [7, 11) is 1.66. The summed E-state index contributed by atoms with van der Waals surface area (Å²) in [5.74, 6) is -0.0362. The second-order valence-corrected chi connectivity index (χ2v) is 10.6. The van der Waals surface area contributed by atoms with E-state index in [0.29, 0.717) is 24.0 Å². The van der Waals surface area contributed by atoms with Crippen molar-refractivity contribution in [3.63, 3.8) is 0 Å². The van der Waals surface area contributed by atoms with Crippen molar-refractivity contribution in [2.24, 2.45) is 0 Å². The monoisotopic (exact) mass is 511 g/mol. The molecule has 2 aromatic carbocycles. The summed E-state index contributed by atoms with van der Waals surface area (Å²) < 4.78 is 17.4. The van der Waals surface area contributed by atoms with Gasteiger partial charge in [0.2, 0.25) is 0 Å². The van der Waals surface area contributed by atoms with Crippen LogP contribution in [0.5, 0.6) is 5.75 Å². The van der Waals surface area contributed by atoms with E-state index in [-0.39, 0.29) is 23.8 Å². The van der Waals surface area contributed by atoms with E-state index in [9.17, 15) is 9.59 Å². The number of hydrogen-bond donors (Lipinski definition) is 1. The van der Waals surface area contributed by atoms with Gasteiger partial charge in [-0.1, -0.05) is 36.8 Å². The first kappa shape index (κ1) is 24.5. The topological polar surface area (TPSA) is 77.8 Å². The Morgan fingerprint density at radius 1 is 1.03 bits per heavy atom. The number of dihydropyridines is 1. The number of ketones is 1. The first-order valence-electron chi connectivity index (χ1n) is 13.6. The molecular formula is C32H33NO5. The van der Waals surface area contributed by atoms with Gasteiger partial charge in [-0.2, -0.15) is 0 Å². The summed E-state index contributed by atoms with van der Waals surface area (Å²) in [6.45, 7) is 1.91. The number of furan rings is 1. The number of Topliss-reactive ketones (excluding diaryl/α,β-unsaturated/α-hetero) is 1. The molecule has 1 aliphatic heterocycles. The lowest BCUT2D eigenvalue weighted by Crippen LogP contribution is -2.37. The van der Waals surface area contributed by atoms with Crippen molar-refractivity contribution >= 4 is 22.7 Å². The molecule has 2 unspecified atom stereocenters. The van der Waals surface area contributed by atoms with E-state index in [0.717, 1.165) is 64.9 Å². The molecule has 6 nitrogen and oxygen atoms in total. The zero-order valence-corrected chi connectivity index (χ0v) is 21.9. The maximum Gasteiger partial charge on any atom is 0.337 e. The number of rotatable bonds is 5. The third-order valence-electron chi connectivity index (χ3n) is 8.27. The van der Waals surface area contributed by atoms with Gasteiger partial charge in [-0.15, -0.1) is 0 Å². The minimum atomic E-state index is -0.511. The highest BCUT2D eigenvalue weighted by atomic mass is 16.5. The van der Waals surface area contributed by atoms with Crippen LogP contribution in [0.3, 0.4) is 0 Å². The van der Waals surface area contributed by atoms with E-state index in [1.807, 2.05) is 55.5 Å². The average molecular weight is 512 g/mol. The number of carbonyl (C=O) groups excluding carboxylic acids is 2. The van der Waals surface area contributed by atoms with Crippen LogP contribution in [-0.4, -0.2) is 25.0 Å². The van der Waals surface area contributed by atoms with Crippen LogP contribution in [0, 0.1) is 0 Å². The van der Waals surface area contributed by atoms with E-state index >= 15 is 0 Å². The Balaban J connectivity index is 1.41. The number of nitrogens with one attached hydrogen (secondary N) is 1. The van der Waals surface area contributed by atoms with Gasteiger partial charge in [0, 0.05) is 40.6 Å². The number of carbonyl (C=O) groups is 2. The summed E-state index contributed by atoms with van der Waals surface area (Å²) in [4.78, 5) is 27.7. The summed E-state index contributed by atoms with van der Waals surface area (Å²) in [6, 6.07) is 15.7. The molecule has 1 fully saturated rings. The van der Waals surface area contributed by atoms with Crippen molar-refractivity contribution in [2.75, 3.05) is 7.11 Å². The molecule has 0 saturated heterocycles. The Bertz CT molecular complexity index is 1460. The molecule has 0 spiro atoms. The fourth-order valence-electron chi connectivity index (χ4n) is 6.42. The molecule has 0 bridgehead atoms. The van der Waals surface area contributed by atoms with Gasteiger partial charge >= 0.3 is 5.97 Å². The average Bonchev–Trinajstić information content (AvgIpc) is 3.40. The quantitative estimate of drug-likeness (QED) is 0.385. The summed E-state index contributed by atoms with van der Waals surface area (Å²) >= 11 is 0. The lowest BCUT2D eigenvalue weighted by atomic mass is 9.71. The van der Waals surface area contributed by atoms with Crippen molar-refractivity contribution in [1.29, 1.82) is 0 Å². The van der Waals surface area contributed by atoms with Gasteiger partial charge in [0.1, 0.15) is 17.4 Å². The summed E-state index contributed by atoms with van der Waals surface area (Å²) in [6.07, 6.45) is 7.70. The smallest absolute Gasteiger partial charge is 0.337 e. The minimum Gasteiger partial charge on any atom is -0.496 e. The van der Waals surface area contributed by atoms with Gasteiger partial charge < -0.3 is 19.2 Å². The number of fused-ring (bicyclic) bond motifs is 1. The molecule has 0 amide bonds. The van der Waals surface area contributed by atoms with Crippen LogP contribution in [0.15, 0.2) is 81.8 Å². The Hall–Kier alpha value is -3.80. The number of esters is 1. The molecule has 3 aromatic rings. The van der Waals surface area contributed by atoms with E-state index in [1.54, 1.807) is 13.4 Å². The van der Waals surface area contributed by atoms with Crippen LogP contribution in [-0.2, 0) is 14.3 Å². The highest BCUT2D eigenvalue weighted by Crippen LogP contribution is 2.47. The largest absolute Gasteiger partial charge is 0.496 e. The number of hydrogen-bond acceptors (Lipinski definition) is 6. The molecule has 1 aromatic heterocycles. The maximum atomic E-state index is 13.9. The van der Waals surface area contributed by atoms with Crippen molar-refractivity contribution in [2.45, 2.75) is 69.8 Å². The molecule has 1 N–H and O–H groups in total. The number of para-hydroxylation sites is 1. The van der Waals surface area contributed by atoms with Crippen LogP contribution in [0.2, 0.25) is 0 Å². The highest BCUT2D eigenvalue weighted by Gasteiger charge is 2.42. The zero-order chi connectivity index (χ0) is 26.2. The van der Waals surface area contributed by atoms with Gasteiger partial charge in [0.05, 0.1) is 18.9 Å². The lowest BCUT2D eigenvalue weighted by Gasteiger charge is -2.37. The third-order valence-corrected chi connectivity index (χ3v) is 8.27. The maximum absolute atomic E-state index is 13.9. The Kier molecular flexibility index (Phi) is 6.56. The van der Waals surface area contributed by atoms with Gasteiger partial charge in [-0.3, -0.25) is 4.79 Å². The van der Waals surface area contributed by atoms with Gasteiger partial charge in [-0.05, 0) is 68.4 Å². The number of methoxy groups -OCH3 is 1. The van der Waals surface area contributed by atoms with E-state index in [2.05, 4.69) is 5.32 Å². The first-order chi connectivity index (χ1) is 18.5. The first-order valence-corrected chi connectivity index (χ1v) is 13.6. The van der Waals surface area contributed by atoms with Gasteiger partial charge in [0.25, 0.3) is 0 Å². The minimum absolute atomic E-state index is 0.0124. The number of ether oxygens (including phenoxy) is 2. The molecule has 38 heavy (non-hydrogen) atoms. The van der Waals surface area contributed by atoms with Crippen molar-refractivity contribution in [1.82, 2.24) is 5.32 Å². The van der Waals surface area contributed by atoms with Crippen LogP contribution in [0.1, 0.15) is 74.8 Å². The fraction of sp³-hybridized carbons (Fsp3) is 0.375. The highest BCUT2D eigenvalue weighted by molar-refractivity contribution is 6.04. The lowest BCUT2D eigenvalue weighted by molar-refractivity contribution is -0.146. The Labute approximate surface area is 222 Å². The van der Waals surface area contributed by atoms with Crippen LogP contribution in [0.25, 0.3) is 11.0 Å². The molecule has 3 aliphatic rings. The standard InChI is InChI=1S/C32H33NO5/c1-19-29(32(35)38-23-8-4-3-5-9-23)30(21-13-12-20-14-15-37-28(20)18-21)31-25(33-19)16-22(17-26(31)34)24-10-6-7-11-27(24)36-2/h6-7,10-15,18,22-23,30,33H,3-5,8-9,16-17H2,1-2H3. The summed E-state index contributed by atoms with van der Waals surface area (Å²) in [5.41, 5.74) is 5.40. The SMILES string of the molecule is COc1ccccc1C1CC(=O)C2=C(C1)NC(C)=C(C(=O)OC1CCCCC1)C2c1ccc2ccoc2c1. The molecule has 1 saturated carbocycles. The van der Waals surface area contributed by atoms with Crippen LogP contribution >= 0.6 is 0 Å². The molecule has 2 aliphatic carbocycles. The second kappa shape index (κ2) is 10.2. The molecule has 6 heteroatoms. The Morgan fingerprint density at radius 2 is 1.84 bits per heavy atom. The van der Waals surface area contributed by atoms with Crippen molar-refractivity contribution in [3.05, 3.63) is 88.5 Å². The Morgan fingerprint density at radius 3 is 2.66 bits per heavy atom. The normalized spacial score (nSPS) is 22.3. The predicted octanol–water partition coefficient (Wildman–Crippen LogP) is 6.68. The van der Waals surface area contributed by atoms with Gasteiger partial charge in [-0.25, -0.2) is 4.79 Å². The van der Waals surface area contributed by atoms with E-state index < -0.39 is 5.92 Å². The molecule has 6 rings (SSSR count). The van der Waals surface area contributed by atoms with Crippen molar-refractivity contribution in [3.8, 4) is 5.75 Å². The zero-order valence-electron chi connectivity index (χ0n) is 21.9. The molecule has 196 valence electrons. The number of benzene rings is 2. The molecule has 0 radical (unpaired) electrons. The number of allylic oxidation sites excluding steroid dienone is 3. The molecule has 2 atom stereocenters. The fourth-order valence-corrected chi connectivity index (χ4v) is 6.42. The van der Waals surface area contributed by atoms with Gasteiger partial charge in [0.15, 0.2) is 5.78 Å².